The highest BCUT2D eigenvalue weighted by atomic mass is 16.5. The zero-order chi connectivity index (χ0) is 21.1. The molecule has 1 aliphatic rings. The first-order chi connectivity index (χ1) is 14.5. The van der Waals surface area contributed by atoms with Crippen LogP contribution in [-0.2, 0) is 11.4 Å². The largest absolute Gasteiger partial charge is 0.489 e. The molecule has 3 aromatic rings. The van der Waals surface area contributed by atoms with Crippen molar-refractivity contribution >= 4 is 11.9 Å². The minimum atomic E-state index is -1.40. The quantitative estimate of drug-likeness (QED) is 0.550. The van der Waals surface area contributed by atoms with E-state index in [1.54, 1.807) is 12.1 Å². The van der Waals surface area contributed by atoms with Gasteiger partial charge in [-0.15, -0.1) is 0 Å². The summed E-state index contributed by atoms with van der Waals surface area (Å²) in [5, 5.41) is 15.3. The lowest BCUT2D eigenvalue weighted by atomic mass is 9.89. The van der Waals surface area contributed by atoms with Crippen LogP contribution in [0, 0.1) is 0 Å². The number of amides is 3. The average molecular weight is 402 g/mol. The van der Waals surface area contributed by atoms with Crippen LogP contribution in [0.4, 0.5) is 4.79 Å². The molecule has 152 valence electrons. The van der Waals surface area contributed by atoms with Gasteiger partial charge in [0.1, 0.15) is 24.0 Å². The number of aliphatic hydroxyl groups excluding tert-OH is 1. The van der Waals surface area contributed by atoms with Crippen LogP contribution < -0.4 is 15.4 Å². The van der Waals surface area contributed by atoms with Gasteiger partial charge in [0.25, 0.3) is 5.91 Å². The molecule has 0 saturated carbocycles. The molecule has 6 heteroatoms. The first-order valence-electron chi connectivity index (χ1n) is 9.64. The van der Waals surface area contributed by atoms with Gasteiger partial charge in [0, 0.05) is 0 Å². The molecule has 0 bridgehead atoms. The molecular weight excluding hydrogens is 380 g/mol. The van der Waals surface area contributed by atoms with Gasteiger partial charge in [-0.1, -0.05) is 66.7 Å². The Bertz CT molecular complexity index is 1070. The Morgan fingerprint density at radius 3 is 2.33 bits per heavy atom. The van der Waals surface area contributed by atoms with Crippen LogP contribution in [0.1, 0.15) is 24.2 Å². The number of imide groups is 1. The Morgan fingerprint density at radius 2 is 1.67 bits per heavy atom. The van der Waals surface area contributed by atoms with E-state index in [0.29, 0.717) is 12.2 Å². The van der Waals surface area contributed by atoms with Crippen LogP contribution in [0.25, 0.3) is 11.1 Å². The fourth-order valence-electron chi connectivity index (χ4n) is 3.45. The third-order valence-electron chi connectivity index (χ3n) is 5.26. The highest BCUT2D eigenvalue weighted by Crippen LogP contribution is 2.31. The molecule has 6 nitrogen and oxygen atoms in total. The van der Waals surface area contributed by atoms with Gasteiger partial charge in [0.15, 0.2) is 0 Å². The summed E-state index contributed by atoms with van der Waals surface area (Å²) in [5.41, 5.74) is 2.15. The maximum atomic E-state index is 12.0. The van der Waals surface area contributed by atoms with Gasteiger partial charge in [0.2, 0.25) is 0 Å². The van der Waals surface area contributed by atoms with Crippen LogP contribution in [-0.4, -0.2) is 22.6 Å². The molecule has 30 heavy (non-hydrogen) atoms. The Morgan fingerprint density at radius 1 is 0.933 bits per heavy atom. The summed E-state index contributed by atoms with van der Waals surface area (Å²) >= 11 is 0. The highest BCUT2D eigenvalue weighted by molar-refractivity contribution is 6.07. The number of benzene rings is 3. The van der Waals surface area contributed by atoms with Crippen molar-refractivity contribution in [3.63, 3.8) is 0 Å². The van der Waals surface area contributed by atoms with E-state index in [4.69, 9.17) is 4.74 Å². The topological polar surface area (TPSA) is 87.7 Å². The van der Waals surface area contributed by atoms with Gasteiger partial charge in [-0.05, 0) is 41.3 Å². The fourth-order valence-corrected chi connectivity index (χ4v) is 3.45. The second-order valence-corrected chi connectivity index (χ2v) is 7.44. The molecule has 0 aromatic heterocycles. The first-order valence-corrected chi connectivity index (χ1v) is 9.64. The molecule has 1 aliphatic heterocycles. The van der Waals surface area contributed by atoms with Gasteiger partial charge in [-0.3, -0.25) is 10.1 Å². The predicted octanol–water partition coefficient (Wildman–Crippen LogP) is 3.56. The monoisotopic (exact) mass is 402 g/mol. The number of rotatable bonds is 6. The molecule has 4 rings (SSSR count). The molecule has 1 fully saturated rings. The lowest BCUT2D eigenvalue weighted by Crippen LogP contribution is -2.49. The first kappa shape index (κ1) is 19.7. The minimum absolute atomic E-state index is 0.488. The number of ether oxygens (including phenoxy) is 1. The Labute approximate surface area is 174 Å². The van der Waals surface area contributed by atoms with Crippen molar-refractivity contribution in [2.45, 2.75) is 25.2 Å². The standard InChI is InChI=1S/C24H22N2O4/c1-24(22(28)25-23(29)26-24)21(27)18-12-10-17(11-13-18)19-8-5-9-20(14-19)30-15-16-6-3-2-4-7-16/h2-14,21,27H,15H2,1H3,(H2,25,26,28,29). The lowest BCUT2D eigenvalue weighted by molar-refractivity contribution is -0.127. The van der Waals surface area contributed by atoms with Gasteiger partial charge >= 0.3 is 6.03 Å². The van der Waals surface area contributed by atoms with Crippen LogP contribution in [0.5, 0.6) is 5.75 Å². The number of hydrogen-bond acceptors (Lipinski definition) is 4. The summed E-state index contributed by atoms with van der Waals surface area (Å²) in [5.74, 6) is 0.214. The molecule has 3 aromatic carbocycles. The van der Waals surface area contributed by atoms with Crippen LogP contribution in [0.15, 0.2) is 78.9 Å². The Kier molecular flexibility index (Phi) is 5.25. The van der Waals surface area contributed by atoms with Crippen molar-refractivity contribution in [2.24, 2.45) is 0 Å². The van der Waals surface area contributed by atoms with Gasteiger partial charge in [0.05, 0.1) is 0 Å². The van der Waals surface area contributed by atoms with E-state index in [1.165, 1.54) is 6.92 Å². The Hall–Kier alpha value is -3.64. The predicted molar refractivity (Wildman–Crippen MR) is 113 cm³/mol. The molecule has 0 aliphatic carbocycles. The second kappa shape index (κ2) is 8.00. The molecule has 0 spiro atoms. The molecule has 2 unspecified atom stereocenters. The summed E-state index contributed by atoms with van der Waals surface area (Å²) in [6.45, 7) is 1.99. The zero-order valence-corrected chi connectivity index (χ0v) is 16.5. The van der Waals surface area contributed by atoms with Crippen molar-refractivity contribution in [3.05, 3.63) is 90.0 Å². The van der Waals surface area contributed by atoms with Crippen molar-refractivity contribution < 1.29 is 19.4 Å². The van der Waals surface area contributed by atoms with Crippen LogP contribution in [0.3, 0.4) is 0 Å². The number of aliphatic hydroxyl groups is 1. The number of nitrogens with one attached hydrogen (secondary N) is 2. The maximum absolute atomic E-state index is 12.0. The average Bonchev–Trinajstić information content (AvgIpc) is 3.05. The molecular formula is C24H22N2O4. The number of hydrogen-bond donors (Lipinski definition) is 3. The molecule has 1 heterocycles. The van der Waals surface area contributed by atoms with Gasteiger partial charge in [-0.2, -0.15) is 0 Å². The summed E-state index contributed by atoms with van der Waals surface area (Å²) in [7, 11) is 0. The molecule has 3 amide bonds. The molecule has 2 atom stereocenters. The normalized spacial score (nSPS) is 19.1. The van der Waals surface area contributed by atoms with Crippen molar-refractivity contribution in [1.29, 1.82) is 0 Å². The smallest absolute Gasteiger partial charge is 0.322 e. The Balaban J connectivity index is 1.49. The van der Waals surface area contributed by atoms with Crippen molar-refractivity contribution in [1.82, 2.24) is 10.6 Å². The maximum Gasteiger partial charge on any atom is 0.322 e. The summed E-state index contributed by atoms with van der Waals surface area (Å²) < 4.78 is 5.89. The van der Waals surface area contributed by atoms with Crippen molar-refractivity contribution in [2.75, 3.05) is 0 Å². The molecule has 1 saturated heterocycles. The van der Waals surface area contributed by atoms with E-state index < -0.39 is 23.6 Å². The molecule has 3 N–H and O–H groups in total. The second-order valence-electron chi connectivity index (χ2n) is 7.44. The fraction of sp³-hybridized carbons (Fsp3) is 0.167. The minimum Gasteiger partial charge on any atom is -0.489 e. The van der Waals surface area contributed by atoms with Gasteiger partial charge < -0.3 is 15.2 Å². The summed E-state index contributed by atoms with van der Waals surface area (Å²) in [4.78, 5) is 23.5. The van der Waals surface area contributed by atoms with Crippen molar-refractivity contribution in [3.8, 4) is 16.9 Å². The van der Waals surface area contributed by atoms with Crippen LogP contribution >= 0.6 is 0 Å². The number of carbonyl (C=O) groups is 2. The number of urea groups is 1. The van der Waals surface area contributed by atoms with E-state index in [0.717, 1.165) is 22.4 Å². The SMILES string of the molecule is CC1(C(O)c2ccc(-c3cccc(OCc4ccccc4)c3)cc2)NC(=O)NC1=O. The number of carbonyl (C=O) groups excluding carboxylic acids is 2. The lowest BCUT2D eigenvalue weighted by Gasteiger charge is -2.27. The van der Waals surface area contributed by atoms with E-state index in [-0.39, 0.29) is 0 Å². The van der Waals surface area contributed by atoms with E-state index in [1.807, 2.05) is 66.7 Å². The summed E-state index contributed by atoms with van der Waals surface area (Å²) in [6.07, 6.45) is -1.17. The van der Waals surface area contributed by atoms with E-state index in [2.05, 4.69) is 10.6 Å². The van der Waals surface area contributed by atoms with Gasteiger partial charge in [-0.25, -0.2) is 4.79 Å². The molecule has 0 radical (unpaired) electrons. The van der Waals surface area contributed by atoms with E-state index >= 15 is 0 Å². The summed E-state index contributed by atoms with van der Waals surface area (Å²) in [6, 6.07) is 24.4. The highest BCUT2D eigenvalue weighted by Gasteiger charge is 2.48. The third-order valence-corrected chi connectivity index (χ3v) is 5.26. The zero-order valence-electron chi connectivity index (χ0n) is 16.5. The van der Waals surface area contributed by atoms with Crippen LogP contribution in [0.2, 0.25) is 0 Å². The van der Waals surface area contributed by atoms with E-state index in [9.17, 15) is 14.7 Å². The third kappa shape index (κ3) is 3.90.